The zero-order chi connectivity index (χ0) is 14.3. The molecule has 115 valence electrons. The predicted octanol–water partition coefficient (Wildman–Crippen LogP) is 5.91. The molecule has 2 unspecified atom stereocenters. The third-order valence-electron chi connectivity index (χ3n) is 4.07. The van der Waals surface area contributed by atoms with Gasteiger partial charge in [-0.25, -0.2) is 0 Å². The van der Waals surface area contributed by atoms with Crippen molar-refractivity contribution >= 4 is 0 Å². The van der Waals surface area contributed by atoms with E-state index in [1.54, 1.807) is 0 Å². The van der Waals surface area contributed by atoms with Crippen LogP contribution in [0.2, 0.25) is 0 Å². The number of hydrogen-bond donors (Lipinski definition) is 1. The minimum absolute atomic E-state index is 0.0637. The van der Waals surface area contributed by atoms with E-state index in [4.69, 9.17) is 0 Å². The normalized spacial score (nSPS) is 14.5. The zero-order valence-electron chi connectivity index (χ0n) is 13.7. The number of hydrogen-bond acceptors (Lipinski definition) is 1. The summed E-state index contributed by atoms with van der Waals surface area (Å²) < 4.78 is 0. The summed E-state index contributed by atoms with van der Waals surface area (Å²) >= 11 is 0. The Morgan fingerprint density at radius 1 is 0.895 bits per heavy atom. The van der Waals surface area contributed by atoms with E-state index in [0.717, 1.165) is 12.8 Å². The summed E-state index contributed by atoms with van der Waals surface area (Å²) in [7, 11) is 0. The molecule has 0 saturated carbocycles. The van der Waals surface area contributed by atoms with E-state index < -0.39 is 0 Å². The molecule has 1 heteroatoms. The Labute approximate surface area is 122 Å². The van der Waals surface area contributed by atoms with Gasteiger partial charge in [0.2, 0.25) is 0 Å². The summed E-state index contributed by atoms with van der Waals surface area (Å²) in [5.41, 5.74) is 0. The zero-order valence-corrected chi connectivity index (χ0v) is 13.7. The number of unbranched alkanes of at least 4 members (excludes halogenated alkanes) is 7. The second-order valence-corrected chi connectivity index (χ2v) is 6.03. The third-order valence-corrected chi connectivity index (χ3v) is 4.07. The molecule has 19 heavy (non-hydrogen) atoms. The van der Waals surface area contributed by atoms with Crippen LogP contribution < -0.4 is 0 Å². The van der Waals surface area contributed by atoms with E-state index in [2.05, 4.69) is 27.2 Å². The minimum Gasteiger partial charge on any atom is -0.393 e. The van der Waals surface area contributed by atoms with Gasteiger partial charge < -0.3 is 5.11 Å². The monoisotopic (exact) mass is 269 g/mol. The van der Waals surface area contributed by atoms with Crippen LogP contribution in [0.25, 0.3) is 0 Å². The topological polar surface area (TPSA) is 20.2 Å². The molecular weight excluding hydrogens is 232 g/mol. The molecule has 0 heterocycles. The lowest BCUT2D eigenvalue weighted by molar-refractivity contribution is 0.127. The summed E-state index contributed by atoms with van der Waals surface area (Å²) in [5.74, 6) is 0.696. The van der Waals surface area contributed by atoms with E-state index in [0.29, 0.717) is 5.92 Å². The van der Waals surface area contributed by atoms with Crippen molar-refractivity contribution in [2.75, 3.05) is 0 Å². The fraction of sp³-hybridized carbons (Fsp3) is 0.944. The molecule has 0 spiro atoms. The van der Waals surface area contributed by atoms with Crippen molar-refractivity contribution < 1.29 is 5.11 Å². The van der Waals surface area contributed by atoms with Gasteiger partial charge in [-0.05, 0) is 31.6 Å². The predicted molar refractivity (Wildman–Crippen MR) is 86.2 cm³/mol. The van der Waals surface area contributed by atoms with Gasteiger partial charge in [0.15, 0.2) is 0 Å². The SMILES string of the molecule is CCC[CH]CC(CC)CC(O)CCCCCCCC. The van der Waals surface area contributed by atoms with Crippen molar-refractivity contribution in [3.8, 4) is 0 Å². The highest BCUT2D eigenvalue weighted by Crippen LogP contribution is 2.21. The standard InChI is InChI=1S/C18H37O/c1-4-7-9-10-11-13-15-18(19)16-17(6-3)14-12-8-5-2/h12,17-19H,4-11,13-16H2,1-3H3. The maximum atomic E-state index is 10.1. The van der Waals surface area contributed by atoms with Gasteiger partial charge in [0.05, 0.1) is 6.10 Å². The van der Waals surface area contributed by atoms with Crippen LogP contribution in [0.5, 0.6) is 0 Å². The van der Waals surface area contributed by atoms with Gasteiger partial charge in [-0.3, -0.25) is 0 Å². The van der Waals surface area contributed by atoms with Crippen LogP contribution in [0.15, 0.2) is 0 Å². The highest BCUT2D eigenvalue weighted by molar-refractivity contribution is 4.72. The van der Waals surface area contributed by atoms with Crippen LogP contribution in [-0.2, 0) is 0 Å². The molecule has 1 N–H and O–H groups in total. The first-order valence-electron chi connectivity index (χ1n) is 8.74. The Kier molecular flexibility index (Phi) is 14.3. The number of aliphatic hydroxyl groups excluding tert-OH is 1. The maximum absolute atomic E-state index is 10.1. The minimum atomic E-state index is -0.0637. The third kappa shape index (κ3) is 12.7. The Bertz CT molecular complexity index is 167. The fourth-order valence-corrected chi connectivity index (χ4v) is 2.65. The van der Waals surface area contributed by atoms with E-state index in [1.165, 1.54) is 64.2 Å². The average molecular weight is 269 g/mol. The summed E-state index contributed by atoms with van der Waals surface area (Å²) in [6, 6.07) is 0. The first-order chi connectivity index (χ1) is 9.24. The van der Waals surface area contributed by atoms with Crippen molar-refractivity contribution in [2.24, 2.45) is 5.92 Å². The Balaban J connectivity index is 3.50. The van der Waals surface area contributed by atoms with Crippen LogP contribution in [0.4, 0.5) is 0 Å². The van der Waals surface area contributed by atoms with Gasteiger partial charge in [0.1, 0.15) is 0 Å². The molecule has 0 aliphatic carbocycles. The van der Waals surface area contributed by atoms with Crippen molar-refractivity contribution in [1.29, 1.82) is 0 Å². The van der Waals surface area contributed by atoms with Crippen LogP contribution in [0.3, 0.4) is 0 Å². The van der Waals surface area contributed by atoms with Gasteiger partial charge in [-0.15, -0.1) is 0 Å². The molecule has 0 fully saturated rings. The van der Waals surface area contributed by atoms with E-state index in [1.807, 2.05) is 0 Å². The van der Waals surface area contributed by atoms with Gasteiger partial charge >= 0.3 is 0 Å². The molecule has 0 rings (SSSR count). The Morgan fingerprint density at radius 3 is 2.21 bits per heavy atom. The highest BCUT2D eigenvalue weighted by Gasteiger charge is 2.12. The molecule has 0 aromatic carbocycles. The molecule has 0 aliphatic rings. The second-order valence-electron chi connectivity index (χ2n) is 6.03. The van der Waals surface area contributed by atoms with Crippen molar-refractivity contribution in [3.05, 3.63) is 6.42 Å². The molecule has 0 aromatic heterocycles. The first-order valence-corrected chi connectivity index (χ1v) is 8.74. The molecule has 0 saturated heterocycles. The summed E-state index contributed by atoms with van der Waals surface area (Å²) in [5, 5.41) is 10.1. The van der Waals surface area contributed by atoms with Crippen molar-refractivity contribution in [3.63, 3.8) is 0 Å². The quantitative estimate of drug-likeness (QED) is 0.389. The number of aliphatic hydroxyl groups is 1. The average Bonchev–Trinajstić information content (AvgIpc) is 2.41. The Hall–Kier alpha value is -0.0400. The molecular formula is C18H37O. The molecule has 1 radical (unpaired) electrons. The van der Waals surface area contributed by atoms with Crippen LogP contribution >= 0.6 is 0 Å². The van der Waals surface area contributed by atoms with Crippen molar-refractivity contribution in [2.45, 2.75) is 104 Å². The summed E-state index contributed by atoms with van der Waals surface area (Å²) in [6.45, 7) is 6.73. The number of rotatable bonds is 14. The lowest BCUT2D eigenvalue weighted by atomic mass is 9.91. The van der Waals surface area contributed by atoms with Crippen LogP contribution in [-0.4, -0.2) is 11.2 Å². The maximum Gasteiger partial charge on any atom is 0.0542 e. The Morgan fingerprint density at radius 2 is 1.58 bits per heavy atom. The molecule has 0 bridgehead atoms. The smallest absolute Gasteiger partial charge is 0.0542 e. The van der Waals surface area contributed by atoms with Crippen LogP contribution in [0, 0.1) is 12.3 Å². The van der Waals surface area contributed by atoms with E-state index in [-0.39, 0.29) is 6.10 Å². The van der Waals surface area contributed by atoms with Gasteiger partial charge in [-0.2, -0.15) is 0 Å². The molecule has 0 amide bonds. The van der Waals surface area contributed by atoms with Crippen molar-refractivity contribution in [1.82, 2.24) is 0 Å². The van der Waals surface area contributed by atoms with Gasteiger partial charge in [0.25, 0.3) is 0 Å². The summed E-state index contributed by atoms with van der Waals surface area (Å²) in [4.78, 5) is 0. The molecule has 0 aromatic rings. The van der Waals surface area contributed by atoms with Crippen LogP contribution in [0.1, 0.15) is 97.8 Å². The highest BCUT2D eigenvalue weighted by atomic mass is 16.3. The summed E-state index contributed by atoms with van der Waals surface area (Å²) in [6.07, 6.45) is 17.1. The van der Waals surface area contributed by atoms with Gasteiger partial charge in [-0.1, -0.05) is 78.6 Å². The first kappa shape index (κ1) is 19.0. The molecule has 0 aliphatic heterocycles. The van der Waals surface area contributed by atoms with E-state index in [9.17, 15) is 5.11 Å². The molecule has 2 atom stereocenters. The lowest BCUT2D eigenvalue weighted by Gasteiger charge is -2.18. The second kappa shape index (κ2) is 14.4. The van der Waals surface area contributed by atoms with E-state index >= 15 is 0 Å². The lowest BCUT2D eigenvalue weighted by Crippen LogP contribution is -2.13. The molecule has 1 nitrogen and oxygen atoms in total. The van der Waals surface area contributed by atoms with Gasteiger partial charge in [0, 0.05) is 0 Å². The fourth-order valence-electron chi connectivity index (χ4n) is 2.65. The largest absolute Gasteiger partial charge is 0.393 e.